The van der Waals surface area contributed by atoms with Gasteiger partial charge in [0.1, 0.15) is 0 Å². The van der Waals surface area contributed by atoms with E-state index in [1.54, 1.807) is 12.1 Å². The van der Waals surface area contributed by atoms with Crippen LogP contribution in [0.5, 0.6) is 0 Å². The van der Waals surface area contributed by atoms with Gasteiger partial charge in [-0.25, -0.2) is 0 Å². The van der Waals surface area contributed by atoms with Crippen molar-refractivity contribution < 1.29 is 9.59 Å². The lowest BCUT2D eigenvalue weighted by Crippen LogP contribution is -2.30. The van der Waals surface area contributed by atoms with Crippen LogP contribution in [0.3, 0.4) is 0 Å². The van der Waals surface area contributed by atoms with Gasteiger partial charge in [0.05, 0.1) is 0 Å². The SMILES string of the molecule is C[C@@H]1C[C@H]1C(=O)NCCCNC(=O)c1cccc(Br)c1. The summed E-state index contributed by atoms with van der Waals surface area (Å²) in [5, 5.41) is 5.74. The zero-order valence-corrected chi connectivity index (χ0v) is 13.1. The van der Waals surface area contributed by atoms with E-state index in [0.29, 0.717) is 24.6 Å². The quantitative estimate of drug-likeness (QED) is 0.782. The Morgan fingerprint density at radius 2 is 2.00 bits per heavy atom. The molecule has 1 aromatic rings. The Balaban J connectivity index is 1.61. The van der Waals surface area contributed by atoms with Gasteiger partial charge in [0.2, 0.25) is 5.91 Å². The van der Waals surface area contributed by atoms with Gasteiger partial charge in [0, 0.05) is 29.0 Å². The summed E-state index contributed by atoms with van der Waals surface area (Å²) in [5.74, 6) is 0.807. The zero-order chi connectivity index (χ0) is 14.5. The molecule has 1 aromatic carbocycles. The lowest BCUT2D eigenvalue weighted by molar-refractivity contribution is -0.122. The number of benzene rings is 1. The van der Waals surface area contributed by atoms with Gasteiger partial charge in [-0.05, 0) is 37.0 Å². The molecule has 0 aliphatic heterocycles. The van der Waals surface area contributed by atoms with Crippen LogP contribution in [0.1, 0.15) is 30.1 Å². The largest absolute Gasteiger partial charge is 0.356 e. The van der Waals surface area contributed by atoms with E-state index in [2.05, 4.69) is 33.5 Å². The Morgan fingerprint density at radius 1 is 1.30 bits per heavy atom. The van der Waals surface area contributed by atoms with E-state index in [9.17, 15) is 9.59 Å². The molecule has 0 aromatic heterocycles. The molecule has 4 nitrogen and oxygen atoms in total. The fraction of sp³-hybridized carbons (Fsp3) is 0.467. The molecule has 2 N–H and O–H groups in total. The van der Waals surface area contributed by atoms with Gasteiger partial charge in [-0.2, -0.15) is 0 Å². The Kier molecular flexibility index (Phi) is 5.17. The van der Waals surface area contributed by atoms with Crippen molar-refractivity contribution in [1.82, 2.24) is 10.6 Å². The molecule has 5 heteroatoms. The first-order chi connectivity index (χ1) is 9.58. The number of halogens is 1. The molecule has 2 amide bonds. The highest BCUT2D eigenvalue weighted by Gasteiger charge is 2.38. The Hall–Kier alpha value is -1.36. The van der Waals surface area contributed by atoms with Crippen LogP contribution in [0.25, 0.3) is 0 Å². The fourth-order valence-electron chi connectivity index (χ4n) is 2.05. The lowest BCUT2D eigenvalue weighted by Gasteiger charge is -2.07. The van der Waals surface area contributed by atoms with Crippen LogP contribution in [0.4, 0.5) is 0 Å². The van der Waals surface area contributed by atoms with Crippen LogP contribution in [-0.4, -0.2) is 24.9 Å². The summed E-state index contributed by atoms with van der Waals surface area (Å²) < 4.78 is 0.885. The molecule has 108 valence electrons. The maximum atomic E-state index is 11.8. The third-order valence-corrected chi connectivity index (χ3v) is 3.96. The molecule has 0 spiro atoms. The number of rotatable bonds is 6. The van der Waals surface area contributed by atoms with Gasteiger partial charge in [-0.1, -0.05) is 28.9 Å². The van der Waals surface area contributed by atoms with Crippen LogP contribution in [0, 0.1) is 11.8 Å². The highest BCUT2D eigenvalue weighted by Crippen LogP contribution is 2.37. The molecule has 0 bridgehead atoms. The second-order valence-corrected chi connectivity index (χ2v) is 6.15. The van der Waals surface area contributed by atoms with Crippen molar-refractivity contribution in [2.24, 2.45) is 11.8 Å². The predicted octanol–water partition coefficient (Wildman–Crippen LogP) is 2.34. The summed E-state index contributed by atoms with van der Waals surface area (Å²) in [6, 6.07) is 7.27. The first-order valence-electron chi connectivity index (χ1n) is 6.89. The van der Waals surface area contributed by atoms with Crippen molar-refractivity contribution in [3.63, 3.8) is 0 Å². The minimum atomic E-state index is -0.0894. The molecule has 1 saturated carbocycles. The highest BCUT2D eigenvalue weighted by molar-refractivity contribution is 9.10. The van der Waals surface area contributed by atoms with Crippen molar-refractivity contribution in [3.05, 3.63) is 34.3 Å². The first-order valence-corrected chi connectivity index (χ1v) is 7.68. The second-order valence-electron chi connectivity index (χ2n) is 5.23. The molecule has 0 unspecified atom stereocenters. The molecule has 20 heavy (non-hydrogen) atoms. The first kappa shape index (κ1) is 15.0. The summed E-state index contributed by atoms with van der Waals surface area (Å²) in [5.41, 5.74) is 0.634. The van der Waals surface area contributed by atoms with E-state index in [0.717, 1.165) is 17.3 Å². The Labute approximate surface area is 127 Å². The van der Waals surface area contributed by atoms with Gasteiger partial charge in [0.15, 0.2) is 0 Å². The summed E-state index contributed by atoms with van der Waals surface area (Å²) in [7, 11) is 0. The van der Waals surface area contributed by atoms with Gasteiger partial charge in [-0.3, -0.25) is 9.59 Å². The van der Waals surface area contributed by atoms with Crippen LogP contribution in [0.15, 0.2) is 28.7 Å². The van der Waals surface area contributed by atoms with Crippen LogP contribution in [-0.2, 0) is 4.79 Å². The van der Waals surface area contributed by atoms with E-state index in [1.165, 1.54) is 0 Å². The molecule has 0 saturated heterocycles. The van der Waals surface area contributed by atoms with E-state index >= 15 is 0 Å². The average molecular weight is 339 g/mol. The van der Waals surface area contributed by atoms with Crippen LogP contribution >= 0.6 is 15.9 Å². The normalized spacial score (nSPS) is 20.3. The minimum Gasteiger partial charge on any atom is -0.356 e. The molecule has 1 aliphatic carbocycles. The second kappa shape index (κ2) is 6.88. The number of nitrogens with one attached hydrogen (secondary N) is 2. The Bertz CT molecular complexity index is 504. The van der Waals surface area contributed by atoms with Gasteiger partial charge in [0.25, 0.3) is 5.91 Å². The number of amides is 2. The van der Waals surface area contributed by atoms with Gasteiger partial charge in [-0.15, -0.1) is 0 Å². The van der Waals surface area contributed by atoms with Crippen molar-refractivity contribution in [2.45, 2.75) is 19.8 Å². The maximum Gasteiger partial charge on any atom is 0.251 e. The van der Waals surface area contributed by atoms with Crippen molar-refractivity contribution in [2.75, 3.05) is 13.1 Å². The fourth-order valence-corrected chi connectivity index (χ4v) is 2.45. The van der Waals surface area contributed by atoms with E-state index in [4.69, 9.17) is 0 Å². The van der Waals surface area contributed by atoms with Gasteiger partial charge >= 0.3 is 0 Å². The molecule has 1 fully saturated rings. The third-order valence-electron chi connectivity index (χ3n) is 3.47. The third kappa shape index (κ3) is 4.34. The van der Waals surface area contributed by atoms with Gasteiger partial charge < -0.3 is 10.6 Å². The predicted molar refractivity (Wildman–Crippen MR) is 81.4 cm³/mol. The minimum absolute atomic E-state index is 0.0894. The maximum absolute atomic E-state index is 11.8. The average Bonchev–Trinajstić information content (AvgIpc) is 3.15. The van der Waals surface area contributed by atoms with Crippen LogP contribution in [0.2, 0.25) is 0 Å². The number of hydrogen-bond donors (Lipinski definition) is 2. The highest BCUT2D eigenvalue weighted by atomic mass is 79.9. The van der Waals surface area contributed by atoms with E-state index in [1.807, 2.05) is 12.1 Å². The smallest absolute Gasteiger partial charge is 0.251 e. The molecule has 0 heterocycles. The molecule has 0 radical (unpaired) electrons. The zero-order valence-electron chi connectivity index (χ0n) is 11.5. The number of carbonyl (C=O) groups excluding carboxylic acids is 2. The van der Waals surface area contributed by atoms with Crippen molar-refractivity contribution in [3.8, 4) is 0 Å². The lowest BCUT2D eigenvalue weighted by atomic mass is 10.2. The summed E-state index contributed by atoms with van der Waals surface area (Å²) >= 11 is 3.34. The molecular formula is C15H19BrN2O2. The molecule has 1 aliphatic rings. The molecular weight excluding hydrogens is 320 g/mol. The van der Waals surface area contributed by atoms with Crippen molar-refractivity contribution >= 4 is 27.7 Å². The monoisotopic (exact) mass is 338 g/mol. The number of carbonyl (C=O) groups is 2. The van der Waals surface area contributed by atoms with E-state index in [-0.39, 0.29) is 17.7 Å². The molecule has 2 rings (SSSR count). The number of hydrogen-bond acceptors (Lipinski definition) is 2. The van der Waals surface area contributed by atoms with Crippen molar-refractivity contribution in [1.29, 1.82) is 0 Å². The van der Waals surface area contributed by atoms with Crippen LogP contribution < -0.4 is 10.6 Å². The van der Waals surface area contributed by atoms with E-state index < -0.39 is 0 Å². The Morgan fingerprint density at radius 3 is 2.65 bits per heavy atom. The topological polar surface area (TPSA) is 58.2 Å². The summed E-state index contributed by atoms with van der Waals surface area (Å²) in [6.45, 7) is 3.26. The molecule has 2 atom stereocenters. The summed E-state index contributed by atoms with van der Waals surface area (Å²) in [6.07, 6.45) is 1.75. The summed E-state index contributed by atoms with van der Waals surface area (Å²) in [4.78, 5) is 23.4. The standard InChI is InChI=1S/C15H19BrN2O2/c1-10-8-13(10)15(20)18-7-3-6-17-14(19)11-4-2-5-12(16)9-11/h2,4-5,9-10,13H,3,6-8H2,1H3,(H,17,19)(H,18,20)/t10-,13-/m1/s1.